The summed E-state index contributed by atoms with van der Waals surface area (Å²) in [6.07, 6.45) is 0.757. The molecule has 2 unspecified atom stereocenters. The van der Waals surface area contributed by atoms with Crippen molar-refractivity contribution in [3.8, 4) is 5.75 Å². The van der Waals surface area contributed by atoms with Crippen LogP contribution < -0.4 is 10.5 Å². The lowest BCUT2D eigenvalue weighted by molar-refractivity contribution is 0.225. The molecule has 6 heteroatoms. The van der Waals surface area contributed by atoms with E-state index in [4.69, 9.17) is 10.5 Å². The van der Waals surface area contributed by atoms with E-state index in [0.717, 1.165) is 6.42 Å². The van der Waals surface area contributed by atoms with Gasteiger partial charge in [0.1, 0.15) is 6.61 Å². The van der Waals surface area contributed by atoms with Crippen LogP contribution in [0, 0.1) is 29.2 Å². The first-order chi connectivity index (χ1) is 8.38. The predicted octanol–water partition coefficient (Wildman–Crippen LogP) is 3.00. The van der Waals surface area contributed by atoms with Crippen LogP contribution in [0.15, 0.2) is 6.07 Å². The number of nitrogens with two attached hydrogens (primary N) is 1. The second-order valence-electron chi connectivity index (χ2n) is 4.16. The van der Waals surface area contributed by atoms with Gasteiger partial charge in [-0.2, -0.15) is 8.78 Å². The zero-order chi connectivity index (χ0) is 13.9. The van der Waals surface area contributed by atoms with Crippen molar-refractivity contribution in [2.24, 2.45) is 11.7 Å². The number of rotatable bonds is 5. The second-order valence-corrected chi connectivity index (χ2v) is 4.16. The maximum absolute atomic E-state index is 13.2. The van der Waals surface area contributed by atoms with E-state index >= 15 is 0 Å². The molecule has 0 saturated heterocycles. The van der Waals surface area contributed by atoms with Crippen LogP contribution in [0.1, 0.15) is 20.3 Å². The van der Waals surface area contributed by atoms with Crippen LogP contribution in [-0.2, 0) is 0 Å². The third kappa shape index (κ3) is 3.13. The van der Waals surface area contributed by atoms with Crippen molar-refractivity contribution in [1.29, 1.82) is 0 Å². The number of benzene rings is 1. The molecule has 0 bridgehead atoms. The van der Waals surface area contributed by atoms with Crippen molar-refractivity contribution in [2.45, 2.75) is 26.3 Å². The highest BCUT2D eigenvalue weighted by atomic mass is 19.2. The van der Waals surface area contributed by atoms with E-state index in [-0.39, 0.29) is 18.6 Å². The van der Waals surface area contributed by atoms with Crippen LogP contribution in [-0.4, -0.2) is 12.6 Å². The summed E-state index contributed by atoms with van der Waals surface area (Å²) < 4.78 is 57.0. The Bertz CT molecular complexity index is 399. The zero-order valence-electron chi connectivity index (χ0n) is 10.1. The summed E-state index contributed by atoms with van der Waals surface area (Å²) in [5.74, 6) is -7.10. The van der Waals surface area contributed by atoms with E-state index in [9.17, 15) is 17.6 Å². The van der Waals surface area contributed by atoms with Crippen molar-refractivity contribution in [3.63, 3.8) is 0 Å². The van der Waals surface area contributed by atoms with E-state index in [2.05, 4.69) is 0 Å². The summed E-state index contributed by atoms with van der Waals surface area (Å²) >= 11 is 0. The van der Waals surface area contributed by atoms with Gasteiger partial charge in [-0.3, -0.25) is 0 Å². The SMILES string of the molecule is CCC(C)C(N)COc1c(F)c(F)cc(F)c1F. The number of ether oxygens (including phenoxy) is 1. The quantitative estimate of drug-likeness (QED) is 0.656. The molecule has 1 aromatic carbocycles. The Morgan fingerprint density at radius 3 is 2.11 bits per heavy atom. The molecule has 0 heterocycles. The molecule has 0 spiro atoms. The molecular weight excluding hydrogens is 250 g/mol. The van der Waals surface area contributed by atoms with Gasteiger partial charge in [0, 0.05) is 12.1 Å². The third-order valence-corrected chi connectivity index (χ3v) is 2.87. The Morgan fingerprint density at radius 1 is 1.17 bits per heavy atom. The summed E-state index contributed by atoms with van der Waals surface area (Å²) in [5, 5.41) is 0. The highest BCUT2D eigenvalue weighted by molar-refractivity contribution is 5.28. The molecule has 0 aromatic heterocycles. The molecule has 0 radical (unpaired) electrons. The van der Waals surface area contributed by atoms with E-state index in [1.807, 2.05) is 13.8 Å². The van der Waals surface area contributed by atoms with Crippen LogP contribution >= 0.6 is 0 Å². The molecule has 2 nitrogen and oxygen atoms in total. The largest absolute Gasteiger partial charge is 0.486 e. The highest BCUT2D eigenvalue weighted by Crippen LogP contribution is 2.26. The van der Waals surface area contributed by atoms with Gasteiger partial charge < -0.3 is 10.5 Å². The van der Waals surface area contributed by atoms with Crippen molar-refractivity contribution in [1.82, 2.24) is 0 Å². The molecule has 0 fully saturated rings. The van der Waals surface area contributed by atoms with E-state index in [1.54, 1.807) is 0 Å². The topological polar surface area (TPSA) is 35.2 Å². The van der Waals surface area contributed by atoms with Gasteiger partial charge in [-0.15, -0.1) is 0 Å². The molecule has 1 rings (SSSR count). The Hall–Kier alpha value is -1.30. The molecule has 0 amide bonds. The number of halogens is 4. The van der Waals surface area contributed by atoms with Crippen LogP contribution in [0.5, 0.6) is 5.75 Å². The first kappa shape index (κ1) is 14.8. The Balaban J connectivity index is 2.85. The van der Waals surface area contributed by atoms with Crippen LogP contribution in [0.25, 0.3) is 0 Å². The fraction of sp³-hybridized carbons (Fsp3) is 0.500. The van der Waals surface area contributed by atoms with E-state index < -0.39 is 35.1 Å². The van der Waals surface area contributed by atoms with E-state index in [1.165, 1.54) is 0 Å². The first-order valence-corrected chi connectivity index (χ1v) is 5.59. The molecule has 2 atom stereocenters. The molecule has 1 aromatic rings. The van der Waals surface area contributed by atoms with Crippen molar-refractivity contribution in [3.05, 3.63) is 29.3 Å². The molecule has 2 N–H and O–H groups in total. The maximum atomic E-state index is 13.2. The standard InChI is InChI=1S/C12H15F4NO/c1-3-6(2)9(17)5-18-12-10(15)7(13)4-8(14)11(12)16/h4,6,9H,3,5,17H2,1-2H3. The predicted molar refractivity (Wildman–Crippen MR) is 59.2 cm³/mol. The van der Waals surface area contributed by atoms with Crippen LogP contribution in [0.2, 0.25) is 0 Å². The fourth-order valence-corrected chi connectivity index (χ4v) is 1.32. The first-order valence-electron chi connectivity index (χ1n) is 5.59. The van der Waals surface area contributed by atoms with Gasteiger partial charge in [0.05, 0.1) is 0 Å². The van der Waals surface area contributed by atoms with Crippen molar-refractivity contribution < 1.29 is 22.3 Å². The average molecular weight is 265 g/mol. The van der Waals surface area contributed by atoms with Gasteiger partial charge in [-0.25, -0.2) is 8.78 Å². The third-order valence-electron chi connectivity index (χ3n) is 2.87. The Morgan fingerprint density at radius 2 is 1.67 bits per heavy atom. The van der Waals surface area contributed by atoms with Gasteiger partial charge in [-0.05, 0) is 5.92 Å². The maximum Gasteiger partial charge on any atom is 0.203 e. The lowest BCUT2D eigenvalue weighted by Gasteiger charge is -2.19. The summed E-state index contributed by atoms with van der Waals surface area (Å²) in [6.45, 7) is 3.52. The lowest BCUT2D eigenvalue weighted by Crippen LogP contribution is -2.34. The normalized spacial score (nSPS) is 14.4. The monoisotopic (exact) mass is 265 g/mol. The van der Waals surface area contributed by atoms with E-state index in [0.29, 0.717) is 0 Å². The number of hydrogen-bond acceptors (Lipinski definition) is 2. The summed E-state index contributed by atoms with van der Waals surface area (Å²) in [4.78, 5) is 0. The second kappa shape index (κ2) is 6.04. The van der Waals surface area contributed by atoms with Crippen molar-refractivity contribution in [2.75, 3.05) is 6.61 Å². The minimum absolute atomic E-state index is 0.0644. The lowest BCUT2D eigenvalue weighted by atomic mass is 10.0. The number of hydrogen-bond donors (Lipinski definition) is 1. The summed E-state index contributed by atoms with van der Waals surface area (Å²) in [5.41, 5.74) is 5.69. The molecule has 0 saturated carbocycles. The molecule has 18 heavy (non-hydrogen) atoms. The molecule has 102 valence electrons. The fourth-order valence-electron chi connectivity index (χ4n) is 1.32. The highest BCUT2D eigenvalue weighted by Gasteiger charge is 2.22. The van der Waals surface area contributed by atoms with Gasteiger partial charge in [0.25, 0.3) is 0 Å². The molecular formula is C12H15F4NO. The van der Waals surface area contributed by atoms with Crippen LogP contribution in [0.3, 0.4) is 0 Å². The van der Waals surface area contributed by atoms with Crippen molar-refractivity contribution >= 4 is 0 Å². The van der Waals surface area contributed by atoms with Gasteiger partial charge >= 0.3 is 0 Å². The van der Waals surface area contributed by atoms with Gasteiger partial charge in [-0.1, -0.05) is 20.3 Å². The zero-order valence-corrected chi connectivity index (χ0v) is 10.1. The molecule has 0 aliphatic heterocycles. The molecule has 0 aliphatic rings. The van der Waals surface area contributed by atoms with Crippen LogP contribution in [0.4, 0.5) is 17.6 Å². The summed E-state index contributed by atoms with van der Waals surface area (Å²) in [7, 11) is 0. The average Bonchev–Trinajstić information content (AvgIpc) is 2.35. The molecule has 0 aliphatic carbocycles. The minimum atomic E-state index is -1.55. The van der Waals surface area contributed by atoms with Gasteiger partial charge in [0.2, 0.25) is 11.6 Å². The smallest absolute Gasteiger partial charge is 0.203 e. The Labute approximate surface area is 103 Å². The van der Waals surface area contributed by atoms with Gasteiger partial charge in [0.15, 0.2) is 17.4 Å². The summed E-state index contributed by atoms with van der Waals surface area (Å²) in [6, 6.07) is -0.341. The minimum Gasteiger partial charge on any atom is -0.486 e. The Kier molecular flexibility index (Phi) is 4.95.